The Hall–Kier alpha value is -1.39. The molecule has 0 radical (unpaired) electrons. The minimum Gasteiger partial charge on any atom is -0.478 e. The molecular weight excluding hydrogens is 240 g/mol. The molecule has 0 saturated carbocycles. The molecule has 2 rings (SSSR count). The first-order valence-electron chi connectivity index (χ1n) is 6.64. The molecule has 1 aliphatic heterocycles. The van der Waals surface area contributed by atoms with Crippen molar-refractivity contribution in [2.45, 2.75) is 25.9 Å². The number of piperazine rings is 1. The van der Waals surface area contributed by atoms with Gasteiger partial charge in [0.25, 0.3) is 0 Å². The molecule has 1 heterocycles. The summed E-state index contributed by atoms with van der Waals surface area (Å²) in [5.41, 5.74) is 1.55. The number of carboxylic acid groups (broad SMARTS) is 1. The summed E-state index contributed by atoms with van der Waals surface area (Å²) in [6.45, 7) is 8.39. The maximum atomic E-state index is 11.0. The number of hydrogen-bond donors (Lipinski definition) is 1. The third-order valence-electron chi connectivity index (χ3n) is 3.81. The topological polar surface area (TPSA) is 43.8 Å². The first-order valence-corrected chi connectivity index (χ1v) is 6.64. The third kappa shape index (κ3) is 3.33. The number of nitrogens with zero attached hydrogens (tertiary/aromatic N) is 2. The Labute approximate surface area is 114 Å². The first-order chi connectivity index (χ1) is 8.88. The number of hydrogen-bond acceptors (Lipinski definition) is 3. The van der Waals surface area contributed by atoms with E-state index < -0.39 is 5.97 Å². The second-order valence-electron chi connectivity index (χ2n) is 5.98. The molecule has 104 valence electrons. The van der Waals surface area contributed by atoms with Gasteiger partial charge in [0.05, 0.1) is 5.56 Å². The van der Waals surface area contributed by atoms with Gasteiger partial charge < -0.3 is 10.0 Å². The average Bonchev–Trinajstić information content (AvgIpc) is 2.32. The quantitative estimate of drug-likeness (QED) is 0.903. The Morgan fingerprint density at radius 3 is 2.74 bits per heavy atom. The van der Waals surface area contributed by atoms with Crippen LogP contribution in [0.2, 0.25) is 0 Å². The number of benzene rings is 1. The normalized spacial score (nSPS) is 20.4. The summed E-state index contributed by atoms with van der Waals surface area (Å²) >= 11 is 0. The zero-order chi connectivity index (χ0) is 14.0. The number of carbonyl (C=O) groups is 1. The summed E-state index contributed by atoms with van der Waals surface area (Å²) in [5.74, 6) is -0.862. The molecule has 0 amide bonds. The monoisotopic (exact) mass is 262 g/mol. The van der Waals surface area contributed by atoms with Gasteiger partial charge in [-0.3, -0.25) is 4.90 Å². The highest BCUT2D eigenvalue weighted by molar-refractivity contribution is 5.87. The molecular formula is C15H22N2O2. The summed E-state index contributed by atoms with van der Waals surface area (Å²) in [5, 5.41) is 9.03. The summed E-state index contributed by atoms with van der Waals surface area (Å²) in [6.07, 6.45) is 0. The van der Waals surface area contributed by atoms with Crippen LogP contribution < -0.4 is 0 Å². The van der Waals surface area contributed by atoms with Gasteiger partial charge >= 0.3 is 5.97 Å². The lowest BCUT2D eigenvalue weighted by Crippen LogP contribution is -2.57. The molecule has 1 saturated heterocycles. The molecule has 0 aliphatic carbocycles. The van der Waals surface area contributed by atoms with Crippen LogP contribution in [0.5, 0.6) is 0 Å². The first kappa shape index (κ1) is 14.0. The smallest absolute Gasteiger partial charge is 0.335 e. The van der Waals surface area contributed by atoms with Gasteiger partial charge in [-0.25, -0.2) is 4.79 Å². The highest BCUT2D eigenvalue weighted by Crippen LogP contribution is 2.22. The lowest BCUT2D eigenvalue weighted by molar-refractivity contribution is 0.0254. The molecule has 1 aromatic carbocycles. The molecule has 0 atom stereocenters. The largest absolute Gasteiger partial charge is 0.478 e. The molecule has 4 heteroatoms. The maximum absolute atomic E-state index is 11.0. The number of rotatable bonds is 3. The molecule has 1 aliphatic rings. The molecule has 0 bridgehead atoms. The van der Waals surface area contributed by atoms with Gasteiger partial charge in [0.15, 0.2) is 0 Å². The molecule has 1 fully saturated rings. The van der Waals surface area contributed by atoms with Crippen molar-refractivity contribution in [1.29, 1.82) is 0 Å². The van der Waals surface area contributed by atoms with Gasteiger partial charge in [-0.2, -0.15) is 0 Å². The molecule has 19 heavy (non-hydrogen) atoms. The number of likely N-dealkylation sites (N-methyl/N-ethyl adjacent to an activating group) is 1. The fraction of sp³-hybridized carbons (Fsp3) is 0.533. The van der Waals surface area contributed by atoms with E-state index in [9.17, 15) is 4.79 Å². The van der Waals surface area contributed by atoms with E-state index in [-0.39, 0.29) is 5.54 Å². The lowest BCUT2D eigenvalue weighted by Gasteiger charge is -2.46. The number of carboxylic acids is 1. The van der Waals surface area contributed by atoms with E-state index in [0.717, 1.165) is 31.7 Å². The SMILES string of the molecule is CN1CCN(Cc2cccc(C(=O)O)c2)C(C)(C)C1. The van der Waals surface area contributed by atoms with Crippen LogP contribution in [0.1, 0.15) is 29.8 Å². The van der Waals surface area contributed by atoms with E-state index >= 15 is 0 Å². The van der Waals surface area contributed by atoms with Crippen LogP contribution in [-0.4, -0.2) is 53.1 Å². The van der Waals surface area contributed by atoms with Crippen molar-refractivity contribution in [3.8, 4) is 0 Å². The molecule has 0 aromatic heterocycles. The summed E-state index contributed by atoms with van der Waals surface area (Å²) < 4.78 is 0. The second kappa shape index (κ2) is 5.31. The van der Waals surface area contributed by atoms with E-state index in [1.54, 1.807) is 12.1 Å². The summed E-state index contributed by atoms with van der Waals surface area (Å²) in [6, 6.07) is 7.24. The molecule has 0 spiro atoms. The van der Waals surface area contributed by atoms with Crippen LogP contribution in [0.25, 0.3) is 0 Å². The Bertz CT molecular complexity index is 471. The van der Waals surface area contributed by atoms with E-state index in [1.807, 2.05) is 12.1 Å². The van der Waals surface area contributed by atoms with E-state index in [1.165, 1.54) is 0 Å². The van der Waals surface area contributed by atoms with E-state index in [4.69, 9.17) is 5.11 Å². The predicted molar refractivity (Wildman–Crippen MR) is 75.4 cm³/mol. The van der Waals surface area contributed by atoms with Crippen LogP contribution in [0.3, 0.4) is 0 Å². The highest BCUT2D eigenvalue weighted by atomic mass is 16.4. The van der Waals surface area contributed by atoms with Crippen LogP contribution in [0, 0.1) is 0 Å². The van der Waals surface area contributed by atoms with Crippen molar-refractivity contribution in [3.63, 3.8) is 0 Å². The van der Waals surface area contributed by atoms with Crippen LogP contribution in [0.15, 0.2) is 24.3 Å². The minimum absolute atomic E-state index is 0.117. The average molecular weight is 262 g/mol. The summed E-state index contributed by atoms with van der Waals surface area (Å²) in [4.78, 5) is 15.8. The van der Waals surface area contributed by atoms with Crippen molar-refractivity contribution in [1.82, 2.24) is 9.80 Å². The minimum atomic E-state index is -0.862. The van der Waals surface area contributed by atoms with Crippen molar-refractivity contribution < 1.29 is 9.90 Å². The van der Waals surface area contributed by atoms with Gasteiger partial charge in [-0.1, -0.05) is 12.1 Å². The Morgan fingerprint density at radius 1 is 1.37 bits per heavy atom. The number of aromatic carboxylic acids is 1. The van der Waals surface area contributed by atoms with Crippen molar-refractivity contribution in [2.24, 2.45) is 0 Å². The maximum Gasteiger partial charge on any atom is 0.335 e. The Morgan fingerprint density at radius 2 is 2.11 bits per heavy atom. The van der Waals surface area contributed by atoms with Crippen LogP contribution in [-0.2, 0) is 6.54 Å². The van der Waals surface area contributed by atoms with E-state index in [2.05, 4.69) is 30.7 Å². The van der Waals surface area contributed by atoms with Gasteiger partial charge in [0.2, 0.25) is 0 Å². The predicted octanol–water partition coefficient (Wildman–Crippen LogP) is 1.91. The molecule has 1 aromatic rings. The van der Waals surface area contributed by atoms with Gasteiger partial charge in [-0.05, 0) is 38.6 Å². The lowest BCUT2D eigenvalue weighted by atomic mass is 9.98. The molecule has 1 N–H and O–H groups in total. The van der Waals surface area contributed by atoms with E-state index in [0.29, 0.717) is 5.56 Å². The van der Waals surface area contributed by atoms with Crippen LogP contribution >= 0.6 is 0 Å². The Kier molecular flexibility index (Phi) is 3.92. The third-order valence-corrected chi connectivity index (χ3v) is 3.81. The Balaban J connectivity index is 2.12. The van der Waals surface area contributed by atoms with Gasteiger partial charge in [0, 0.05) is 31.7 Å². The van der Waals surface area contributed by atoms with Crippen molar-refractivity contribution in [3.05, 3.63) is 35.4 Å². The highest BCUT2D eigenvalue weighted by Gasteiger charge is 2.31. The second-order valence-corrected chi connectivity index (χ2v) is 5.98. The van der Waals surface area contributed by atoms with Gasteiger partial charge in [0.1, 0.15) is 0 Å². The fourth-order valence-electron chi connectivity index (χ4n) is 2.75. The van der Waals surface area contributed by atoms with Gasteiger partial charge in [-0.15, -0.1) is 0 Å². The zero-order valence-electron chi connectivity index (χ0n) is 11.9. The fourth-order valence-corrected chi connectivity index (χ4v) is 2.75. The standard InChI is InChI=1S/C15H22N2O2/c1-15(2)11-16(3)7-8-17(15)10-12-5-4-6-13(9-12)14(18)19/h4-6,9H,7-8,10-11H2,1-3H3,(H,18,19). The van der Waals surface area contributed by atoms with Crippen LogP contribution in [0.4, 0.5) is 0 Å². The van der Waals surface area contributed by atoms with Crippen molar-refractivity contribution >= 4 is 5.97 Å². The molecule has 0 unspecified atom stereocenters. The molecule has 4 nitrogen and oxygen atoms in total. The summed E-state index contributed by atoms with van der Waals surface area (Å²) in [7, 11) is 2.14. The van der Waals surface area contributed by atoms with Crippen molar-refractivity contribution in [2.75, 3.05) is 26.7 Å². The zero-order valence-corrected chi connectivity index (χ0v) is 11.9.